The van der Waals surface area contributed by atoms with Crippen molar-refractivity contribution in [3.05, 3.63) is 36.4 Å². The second-order valence-electron chi connectivity index (χ2n) is 5.66. The molecule has 0 heterocycles. The molecule has 0 aromatic heterocycles. The number of rotatable bonds is 6. The van der Waals surface area contributed by atoms with Crippen molar-refractivity contribution in [1.29, 1.82) is 0 Å². The number of alkyl halides is 3. The van der Waals surface area contributed by atoms with Crippen molar-refractivity contribution in [2.45, 2.75) is 38.7 Å². The van der Waals surface area contributed by atoms with Gasteiger partial charge in [0.05, 0.1) is 6.42 Å². The summed E-state index contributed by atoms with van der Waals surface area (Å²) < 4.78 is 45.1. The smallest absolute Gasteiger partial charge is 0.453 e. The molecule has 0 saturated carbocycles. The molecule has 1 N–H and O–H groups in total. The Morgan fingerprint density at radius 1 is 1.28 bits per heavy atom. The topological polar surface area (TPSA) is 64.6 Å². The number of allylic oxidation sites excluding steroid dienone is 2. The Kier molecular flexibility index (Phi) is 6.06. The second-order valence-corrected chi connectivity index (χ2v) is 5.66. The van der Waals surface area contributed by atoms with E-state index in [0.717, 1.165) is 25.0 Å². The minimum absolute atomic E-state index is 0.143. The maximum atomic E-state index is 12.1. The zero-order valence-corrected chi connectivity index (χ0v) is 13.5. The largest absolute Gasteiger partial charge is 0.573 e. The second kappa shape index (κ2) is 8.04. The predicted octanol–water partition coefficient (Wildman–Crippen LogP) is 3.81. The highest BCUT2D eigenvalue weighted by Crippen LogP contribution is 2.24. The number of benzene rings is 1. The molecular weight excluding hydrogens is 339 g/mol. The Morgan fingerprint density at radius 3 is 2.52 bits per heavy atom. The molecule has 0 spiro atoms. The van der Waals surface area contributed by atoms with Crippen LogP contribution in [0, 0.1) is 5.92 Å². The molecule has 1 aliphatic carbocycles. The van der Waals surface area contributed by atoms with Crippen LogP contribution >= 0.6 is 0 Å². The number of hydrogen-bond donors (Lipinski definition) is 1. The lowest BCUT2D eigenvalue weighted by Gasteiger charge is -2.15. The first-order valence-corrected chi connectivity index (χ1v) is 7.76. The monoisotopic (exact) mass is 357 g/mol. The molecule has 0 radical (unpaired) electrons. The normalized spacial score (nSPS) is 17.8. The van der Waals surface area contributed by atoms with E-state index in [1.54, 1.807) is 0 Å². The fourth-order valence-corrected chi connectivity index (χ4v) is 2.36. The number of carbonyl (C=O) groups is 2. The van der Waals surface area contributed by atoms with Crippen LogP contribution in [0.1, 0.15) is 26.2 Å². The maximum absolute atomic E-state index is 12.1. The summed E-state index contributed by atoms with van der Waals surface area (Å²) in [5.41, 5.74) is 0.265. The molecule has 8 heteroatoms. The number of anilines is 1. The van der Waals surface area contributed by atoms with E-state index in [9.17, 15) is 22.8 Å². The summed E-state index contributed by atoms with van der Waals surface area (Å²) >= 11 is 0. The Labute approximate surface area is 142 Å². The van der Waals surface area contributed by atoms with E-state index in [-0.39, 0.29) is 18.0 Å². The van der Waals surface area contributed by atoms with E-state index < -0.39 is 30.1 Å². The molecule has 0 unspecified atom stereocenters. The summed E-state index contributed by atoms with van der Waals surface area (Å²) in [6.07, 6.45) is 0.212. The average molecular weight is 357 g/mol. The van der Waals surface area contributed by atoms with Crippen molar-refractivity contribution in [2.75, 3.05) is 5.32 Å². The summed E-state index contributed by atoms with van der Waals surface area (Å²) in [5.74, 6) is -1.29. The number of ether oxygens (including phenoxy) is 2. The van der Waals surface area contributed by atoms with Gasteiger partial charge >= 0.3 is 12.3 Å². The summed E-state index contributed by atoms with van der Waals surface area (Å²) in [4.78, 5) is 23.8. The van der Waals surface area contributed by atoms with Crippen LogP contribution in [0.4, 0.5) is 18.9 Å². The fourth-order valence-electron chi connectivity index (χ4n) is 2.36. The molecule has 0 aliphatic heterocycles. The van der Waals surface area contributed by atoms with Crippen LogP contribution in [-0.2, 0) is 14.3 Å². The van der Waals surface area contributed by atoms with Crippen molar-refractivity contribution in [3.8, 4) is 5.75 Å². The van der Waals surface area contributed by atoms with Gasteiger partial charge in [-0.1, -0.05) is 12.2 Å². The number of carbonyl (C=O) groups excluding carboxylic acids is 2. The fraction of sp³-hybridized carbons (Fsp3) is 0.412. The minimum atomic E-state index is -4.78. The van der Waals surface area contributed by atoms with Crippen molar-refractivity contribution in [2.24, 2.45) is 5.92 Å². The van der Waals surface area contributed by atoms with E-state index in [2.05, 4.69) is 10.1 Å². The van der Waals surface area contributed by atoms with Crippen molar-refractivity contribution in [1.82, 2.24) is 0 Å². The molecule has 5 nitrogen and oxygen atoms in total. The molecule has 1 aliphatic rings. The lowest BCUT2D eigenvalue weighted by Crippen LogP contribution is -2.30. The highest BCUT2D eigenvalue weighted by molar-refractivity contribution is 5.95. The first kappa shape index (κ1) is 18.8. The summed E-state index contributed by atoms with van der Waals surface area (Å²) in [7, 11) is 0. The number of esters is 1. The van der Waals surface area contributed by atoms with Gasteiger partial charge in [-0.2, -0.15) is 0 Å². The van der Waals surface area contributed by atoms with Gasteiger partial charge in [0.25, 0.3) is 5.91 Å². The van der Waals surface area contributed by atoms with Crippen LogP contribution < -0.4 is 10.1 Å². The Hall–Kier alpha value is -2.51. The number of hydrogen-bond acceptors (Lipinski definition) is 4. The van der Waals surface area contributed by atoms with Gasteiger partial charge in [-0.25, -0.2) is 0 Å². The average Bonchev–Trinajstić information content (AvgIpc) is 3.00. The third-order valence-corrected chi connectivity index (χ3v) is 3.57. The first-order chi connectivity index (χ1) is 11.7. The number of nitrogens with one attached hydrogen (secondary N) is 1. The van der Waals surface area contributed by atoms with Crippen LogP contribution in [0.3, 0.4) is 0 Å². The first-order valence-electron chi connectivity index (χ1n) is 7.76. The highest BCUT2D eigenvalue weighted by atomic mass is 19.4. The molecule has 0 bridgehead atoms. The van der Waals surface area contributed by atoms with Gasteiger partial charge in [0.15, 0.2) is 6.10 Å². The van der Waals surface area contributed by atoms with E-state index in [1.165, 1.54) is 19.1 Å². The molecule has 2 rings (SSSR count). The highest BCUT2D eigenvalue weighted by Gasteiger charge is 2.31. The Balaban J connectivity index is 1.81. The number of halogens is 3. The minimum Gasteiger partial charge on any atom is -0.453 e. The van der Waals surface area contributed by atoms with E-state index >= 15 is 0 Å². The van der Waals surface area contributed by atoms with E-state index in [0.29, 0.717) is 0 Å². The molecular formula is C17H18F3NO4. The van der Waals surface area contributed by atoms with Crippen LogP contribution in [0.25, 0.3) is 0 Å². The molecule has 136 valence electrons. The van der Waals surface area contributed by atoms with Crippen molar-refractivity contribution >= 4 is 17.6 Å². The van der Waals surface area contributed by atoms with Gasteiger partial charge < -0.3 is 14.8 Å². The number of amides is 1. The lowest BCUT2D eigenvalue weighted by molar-refractivity contribution is -0.274. The lowest BCUT2D eigenvalue weighted by atomic mass is 10.1. The van der Waals surface area contributed by atoms with Crippen molar-refractivity contribution in [3.63, 3.8) is 0 Å². The van der Waals surface area contributed by atoms with Crippen molar-refractivity contribution < 1.29 is 32.2 Å². The Bertz CT molecular complexity index is 640. The zero-order valence-electron chi connectivity index (χ0n) is 13.5. The zero-order chi connectivity index (χ0) is 18.4. The van der Waals surface area contributed by atoms with Gasteiger partial charge in [-0.15, -0.1) is 13.2 Å². The van der Waals surface area contributed by atoms with E-state index in [1.807, 2.05) is 12.2 Å². The van der Waals surface area contributed by atoms with Gasteiger partial charge in [0.2, 0.25) is 0 Å². The summed E-state index contributed by atoms with van der Waals surface area (Å²) in [6, 6.07) is 4.67. The molecule has 2 atom stereocenters. The van der Waals surface area contributed by atoms with Gasteiger partial charge in [-0.05, 0) is 49.9 Å². The standard InChI is InChI=1S/C17H18F3NO4/c1-11(24-15(22)10-12-4-2-3-5-12)16(23)21-13-6-8-14(9-7-13)25-17(18,19)20/h2,4,6-9,11-12H,3,5,10H2,1H3,(H,21,23)/t11-,12+/m1/s1. The molecule has 1 amide bonds. The van der Waals surface area contributed by atoms with Gasteiger partial charge in [0.1, 0.15) is 5.75 Å². The predicted molar refractivity (Wildman–Crippen MR) is 83.8 cm³/mol. The van der Waals surface area contributed by atoms with Crippen LogP contribution in [0.2, 0.25) is 0 Å². The molecule has 1 aromatic rings. The Morgan fingerprint density at radius 2 is 1.96 bits per heavy atom. The molecule has 0 fully saturated rings. The summed E-state index contributed by atoms with van der Waals surface area (Å²) in [5, 5.41) is 2.46. The SMILES string of the molecule is C[C@@H](OC(=O)C[C@H]1C=CCC1)C(=O)Nc1ccc(OC(F)(F)F)cc1. The third kappa shape index (κ3) is 6.48. The maximum Gasteiger partial charge on any atom is 0.573 e. The van der Waals surface area contributed by atoms with Gasteiger partial charge in [0, 0.05) is 5.69 Å². The molecule has 0 saturated heterocycles. The van der Waals surface area contributed by atoms with Crippen LogP contribution in [0.15, 0.2) is 36.4 Å². The van der Waals surface area contributed by atoms with Crippen LogP contribution in [0.5, 0.6) is 5.75 Å². The molecule has 1 aromatic carbocycles. The summed E-state index contributed by atoms with van der Waals surface area (Å²) in [6.45, 7) is 1.43. The molecule has 25 heavy (non-hydrogen) atoms. The van der Waals surface area contributed by atoms with E-state index in [4.69, 9.17) is 4.74 Å². The van der Waals surface area contributed by atoms with Gasteiger partial charge in [-0.3, -0.25) is 9.59 Å². The van der Waals surface area contributed by atoms with Crippen LogP contribution in [-0.4, -0.2) is 24.3 Å². The third-order valence-electron chi connectivity index (χ3n) is 3.57. The quantitative estimate of drug-likeness (QED) is 0.621.